The van der Waals surface area contributed by atoms with Crippen molar-refractivity contribution in [1.29, 1.82) is 0 Å². The van der Waals surface area contributed by atoms with Crippen LogP contribution in [0.25, 0.3) is 11.1 Å². The Morgan fingerprint density at radius 3 is 2.29 bits per heavy atom. The van der Waals surface area contributed by atoms with Gasteiger partial charge in [0.25, 0.3) is 0 Å². The third-order valence-electron chi connectivity index (χ3n) is 3.55. The molecule has 112 valence electrons. The van der Waals surface area contributed by atoms with Crippen LogP contribution in [0.4, 0.5) is 0 Å². The van der Waals surface area contributed by atoms with Gasteiger partial charge < -0.3 is 9.64 Å². The van der Waals surface area contributed by atoms with Crippen LogP contribution in [0, 0.1) is 0 Å². The van der Waals surface area contributed by atoms with Crippen LogP contribution in [-0.4, -0.2) is 32.1 Å². The quantitative estimate of drug-likeness (QED) is 0.778. The largest absolute Gasteiger partial charge is 0.492 e. The average Bonchev–Trinajstić information content (AvgIpc) is 2.48. The van der Waals surface area contributed by atoms with E-state index in [0.29, 0.717) is 5.92 Å². The SMILES string of the molecule is CC(C)c1cccc(-c2ccc(OCCN(C)C)cc2)c1. The van der Waals surface area contributed by atoms with E-state index in [1.807, 2.05) is 26.2 Å². The highest BCUT2D eigenvalue weighted by Crippen LogP contribution is 2.25. The summed E-state index contributed by atoms with van der Waals surface area (Å²) >= 11 is 0. The summed E-state index contributed by atoms with van der Waals surface area (Å²) in [5.41, 5.74) is 3.87. The van der Waals surface area contributed by atoms with Gasteiger partial charge in [-0.05, 0) is 48.8 Å². The Morgan fingerprint density at radius 1 is 0.952 bits per heavy atom. The first-order chi connectivity index (χ1) is 10.1. The minimum atomic E-state index is 0.554. The van der Waals surface area contributed by atoms with Crippen LogP contribution in [0.2, 0.25) is 0 Å². The number of nitrogens with zero attached hydrogens (tertiary/aromatic N) is 1. The van der Waals surface area contributed by atoms with Crippen molar-refractivity contribution in [3.8, 4) is 16.9 Å². The Kier molecular flexibility index (Phi) is 5.40. The first-order valence-corrected chi connectivity index (χ1v) is 7.54. The Bertz CT molecular complexity index is 558. The van der Waals surface area contributed by atoms with Gasteiger partial charge in [0.2, 0.25) is 0 Å². The molecule has 0 atom stereocenters. The Labute approximate surface area is 128 Å². The van der Waals surface area contributed by atoms with E-state index in [4.69, 9.17) is 4.74 Å². The van der Waals surface area contributed by atoms with E-state index in [1.165, 1.54) is 16.7 Å². The molecule has 2 aromatic rings. The Balaban J connectivity index is 2.06. The van der Waals surface area contributed by atoms with Crippen molar-refractivity contribution in [2.24, 2.45) is 0 Å². The van der Waals surface area contributed by atoms with E-state index >= 15 is 0 Å². The van der Waals surface area contributed by atoms with E-state index in [1.54, 1.807) is 0 Å². The van der Waals surface area contributed by atoms with Gasteiger partial charge in [-0.3, -0.25) is 0 Å². The zero-order valence-corrected chi connectivity index (χ0v) is 13.5. The molecule has 21 heavy (non-hydrogen) atoms. The normalized spacial score (nSPS) is 11.1. The first kappa shape index (κ1) is 15.6. The molecular formula is C19H25NO. The maximum absolute atomic E-state index is 5.73. The molecule has 2 rings (SSSR count). The lowest BCUT2D eigenvalue weighted by Crippen LogP contribution is -2.19. The number of benzene rings is 2. The van der Waals surface area contributed by atoms with Gasteiger partial charge in [-0.1, -0.05) is 50.2 Å². The van der Waals surface area contributed by atoms with Gasteiger partial charge in [0.1, 0.15) is 12.4 Å². The van der Waals surface area contributed by atoms with Crippen molar-refractivity contribution in [2.75, 3.05) is 27.2 Å². The molecule has 0 unspecified atom stereocenters. The summed E-state index contributed by atoms with van der Waals surface area (Å²) in [6.45, 7) is 6.09. The maximum Gasteiger partial charge on any atom is 0.119 e. The van der Waals surface area contributed by atoms with Gasteiger partial charge in [0.15, 0.2) is 0 Å². The van der Waals surface area contributed by atoms with E-state index < -0.39 is 0 Å². The molecule has 0 fully saturated rings. The van der Waals surface area contributed by atoms with Crippen molar-refractivity contribution in [3.05, 3.63) is 54.1 Å². The third-order valence-corrected chi connectivity index (χ3v) is 3.55. The summed E-state index contributed by atoms with van der Waals surface area (Å²) in [5.74, 6) is 1.49. The highest BCUT2D eigenvalue weighted by atomic mass is 16.5. The Hall–Kier alpha value is -1.80. The highest BCUT2D eigenvalue weighted by molar-refractivity contribution is 5.65. The van der Waals surface area contributed by atoms with Crippen LogP contribution in [0.1, 0.15) is 25.3 Å². The summed E-state index contributed by atoms with van der Waals surface area (Å²) in [5, 5.41) is 0. The highest BCUT2D eigenvalue weighted by Gasteiger charge is 2.03. The van der Waals surface area contributed by atoms with Gasteiger partial charge in [-0.25, -0.2) is 0 Å². The zero-order valence-electron chi connectivity index (χ0n) is 13.5. The van der Waals surface area contributed by atoms with Gasteiger partial charge >= 0.3 is 0 Å². The van der Waals surface area contributed by atoms with E-state index in [2.05, 4.69) is 55.1 Å². The van der Waals surface area contributed by atoms with Crippen LogP contribution < -0.4 is 4.74 Å². The lowest BCUT2D eigenvalue weighted by Gasteiger charge is -2.12. The standard InChI is InChI=1S/C19H25NO/c1-15(2)17-6-5-7-18(14-17)16-8-10-19(11-9-16)21-13-12-20(3)4/h5-11,14-15H,12-13H2,1-4H3. The summed E-state index contributed by atoms with van der Waals surface area (Å²) in [6, 6.07) is 17.1. The molecule has 2 aromatic carbocycles. The number of rotatable bonds is 6. The monoisotopic (exact) mass is 283 g/mol. The molecule has 0 spiro atoms. The molecule has 0 saturated heterocycles. The lowest BCUT2D eigenvalue weighted by atomic mass is 9.97. The van der Waals surface area contributed by atoms with Crippen molar-refractivity contribution in [3.63, 3.8) is 0 Å². The molecule has 0 heterocycles. The van der Waals surface area contributed by atoms with Crippen molar-refractivity contribution < 1.29 is 4.74 Å². The summed E-state index contributed by atoms with van der Waals surface area (Å²) in [6.07, 6.45) is 0. The fraction of sp³-hybridized carbons (Fsp3) is 0.368. The maximum atomic E-state index is 5.73. The van der Waals surface area contributed by atoms with Gasteiger partial charge in [0.05, 0.1) is 0 Å². The van der Waals surface area contributed by atoms with Gasteiger partial charge in [0, 0.05) is 6.54 Å². The van der Waals surface area contributed by atoms with Crippen molar-refractivity contribution in [1.82, 2.24) is 4.90 Å². The fourth-order valence-corrected chi connectivity index (χ4v) is 2.17. The van der Waals surface area contributed by atoms with Crippen LogP contribution >= 0.6 is 0 Å². The third kappa shape index (κ3) is 4.61. The number of hydrogen-bond acceptors (Lipinski definition) is 2. The number of hydrogen-bond donors (Lipinski definition) is 0. The molecule has 2 nitrogen and oxygen atoms in total. The topological polar surface area (TPSA) is 12.5 Å². The summed E-state index contributed by atoms with van der Waals surface area (Å²) in [4.78, 5) is 2.12. The predicted octanol–water partition coefficient (Wildman–Crippen LogP) is 4.42. The summed E-state index contributed by atoms with van der Waals surface area (Å²) < 4.78 is 5.73. The molecule has 0 radical (unpaired) electrons. The minimum absolute atomic E-state index is 0.554. The molecule has 0 bridgehead atoms. The van der Waals surface area contributed by atoms with Gasteiger partial charge in [-0.15, -0.1) is 0 Å². The average molecular weight is 283 g/mol. The smallest absolute Gasteiger partial charge is 0.119 e. The molecule has 0 saturated carbocycles. The molecule has 0 aliphatic heterocycles. The van der Waals surface area contributed by atoms with Crippen LogP contribution in [0.5, 0.6) is 5.75 Å². The van der Waals surface area contributed by atoms with Crippen LogP contribution in [0.3, 0.4) is 0 Å². The molecule has 0 N–H and O–H groups in total. The second kappa shape index (κ2) is 7.28. The van der Waals surface area contributed by atoms with E-state index in [9.17, 15) is 0 Å². The second-order valence-electron chi connectivity index (χ2n) is 5.96. The predicted molar refractivity (Wildman–Crippen MR) is 90.0 cm³/mol. The molecule has 0 aliphatic rings. The minimum Gasteiger partial charge on any atom is -0.492 e. The first-order valence-electron chi connectivity index (χ1n) is 7.54. The zero-order chi connectivity index (χ0) is 15.2. The van der Waals surface area contributed by atoms with E-state index in [-0.39, 0.29) is 0 Å². The van der Waals surface area contributed by atoms with Gasteiger partial charge in [-0.2, -0.15) is 0 Å². The molecule has 2 heteroatoms. The Morgan fingerprint density at radius 2 is 1.67 bits per heavy atom. The fourth-order valence-electron chi connectivity index (χ4n) is 2.17. The summed E-state index contributed by atoms with van der Waals surface area (Å²) in [7, 11) is 4.10. The van der Waals surface area contributed by atoms with Crippen molar-refractivity contribution >= 4 is 0 Å². The molecule has 0 aromatic heterocycles. The molecule has 0 aliphatic carbocycles. The number of ether oxygens (including phenoxy) is 1. The molecular weight excluding hydrogens is 258 g/mol. The van der Waals surface area contributed by atoms with Crippen molar-refractivity contribution in [2.45, 2.75) is 19.8 Å². The van der Waals surface area contributed by atoms with Crippen LogP contribution in [0.15, 0.2) is 48.5 Å². The molecule has 0 amide bonds. The lowest BCUT2D eigenvalue weighted by molar-refractivity contribution is 0.261. The van der Waals surface area contributed by atoms with E-state index in [0.717, 1.165) is 18.9 Å². The van der Waals surface area contributed by atoms with Crippen LogP contribution in [-0.2, 0) is 0 Å². The number of likely N-dealkylation sites (N-methyl/N-ethyl adjacent to an activating group) is 1. The second-order valence-corrected chi connectivity index (χ2v) is 5.96.